The molecule has 0 radical (unpaired) electrons. The van der Waals surface area contributed by atoms with Crippen LogP contribution in [0.5, 0.6) is 0 Å². The number of rotatable bonds is 3. The average molecular weight is 286 g/mol. The van der Waals surface area contributed by atoms with Crippen molar-refractivity contribution in [3.63, 3.8) is 0 Å². The Morgan fingerprint density at radius 2 is 1.83 bits per heavy atom. The zero-order chi connectivity index (χ0) is 13.1. The van der Waals surface area contributed by atoms with Crippen LogP contribution in [0.1, 0.15) is 23.2 Å². The molecule has 0 N–H and O–H groups in total. The van der Waals surface area contributed by atoms with Gasteiger partial charge in [0.25, 0.3) is 0 Å². The molecule has 5 heteroatoms. The van der Waals surface area contributed by atoms with Gasteiger partial charge in [-0.2, -0.15) is 0 Å². The van der Waals surface area contributed by atoms with E-state index in [9.17, 15) is 9.59 Å². The van der Waals surface area contributed by atoms with E-state index in [1.807, 2.05) is 4.90 Å². The van der Waals surface area contributed by atoms with Crippen LogP contribution in [0.4, 0.5) is 0 Å². The number of nitrogens with zero attached hydrogens (tertiary/aromatic N) is 1. The summed E-state index contributed by atoms with van der Waals surface area (Å²) in [6.45, 7) is 1.64. The quantitative estimate of drug-likeness (QED) is 0.802. The molecule has 3 nitrogen and oxygen atoms in total. The highest BCUT2D eigenvalue weighted by Gasteiger charge is 2.19. The Labute approximate surface area is 116 Å². The fourth-order valence-corrected chi connectivity index (χ4v) is 2.22. The van der Waals surface area contributed by atoms with Gasteiger partial charge < -0.3 is 0 Å². The maximum absolute atomic E-state index is 12.0. The van der Waals surface area contributed by atoms with Crippen molar-refractivity contribution in [2.45, 2.75) is 12.8 Å². The van der Waals surface area contributed by atoms with Gasteiger partial charge in [-0.15, -0.1) is 0 Å². The van der Waals surface area contributed by atoms with Crippen LogP contribution in [-0.2, 0) is 4.79 Å². The third kappa shape index (κ3) is 3.31. The zero-order valence-corrected chi connectivity index (χ0v) is 11.3. The molecule has 0 spiro atoms. The molecular weight excluding hydrogens is 273 g/mol. The molecule has 0 atom stereocenters. The lowest BCUT2D eigenvalue weighted by Crippen LogP contribution is -2.37. The number of benzene rings is 1. The van der Waals surface area contributed by atoms with E-state index in [0.717, 1.165) is 0 Å². The fourth-order valence-electron chi connectivity index (χ4n) is 1.92. The Morgan fingerprint density at radius 3 is 2.44 bits per heavy atom. The summed E-state index contributed by atoms with van der Waals surface area (Å²) in [5.74, 6) is 0.274. The Kier molecular flexibility index (Phi) is 4.38. The van der Waals surface area contributed by atoms with Gasteiger partial charge in [0.2, 0.25) is 0 Å². The first-order valence-corrected chi connectivity index (χ1v) is 6.54. The molecule has 18 heavy (non-hydrogen) atoms. The summed E-state index contributed by atoms with van der Waals surface area (Å²) >= 11 is 11.7. The van der Waals surface area contributed by atoms with Crippen LogP contribution in [0.3, 0.4) is 0 Å². The van der Waals surface area contributed by atoms with Gasteiger partial charge >= 0.3 is 0 Å². The third-order valence-electron chi connectivity index (χ3n) is 3.02. The standard InChI is InChI=1S/C13H13Cl2NO2/c14-11-2-1-9(7-12(11)15)13(18)8-16-5-3-10(17)4-6-16/h1-2,7H,3-6,8H2. The summed E-state index contributed by atoms with van der Waals surface area (Å²) < 4.78 is 0. The molecule has 2 rings (SSSR count). The highest BCUT2D eigenvalue weighted by atomic mass is 35.5. The van der Waals surface area contributed by atoms with E-state index in [4.69, 9.17) is 23.2 Å². The third-order valence-corrected chi connectivity index (χ3v) is 3.76. The van der Waals surface area contributed by atoms with Gasteiger partial charge in [0.1, 0.15) is 5.78 Å². The van der Waals surface area contributed by atoms with E-state index >= 15 is 0 Å². The predicted octanol–water partition coefficient (Wildman–Crippen LogP) is 2.84. The highest BCUT2D eigenvalue weighted by molar-refractivity contribution is 6.42. The number of Topliss-reactive ketones (excluding diaryl/α,β-unsaturated/α-hetero) is 2. The number of piperidine rings is 1. The molecule has 0 bridgehead atoms. The minimum atomic E-state index is 0.00270. The van der Waals surface area contributed by atoms with Gasteiger partial charge in [-0.3, -0.25) is 14.5 Å². The molecular formula is C13H13Cl2NO2. The van der Waals surface area contributed by atoms with Crippen molar-refractivity contribution in [1.29, 1.82) is 0 Å². The lowest BCUT2D eigenvalue weighted by Gasteiger charge is -2.24. The normalized spacial score (nSPS) is 16.9. The number of hydrogen-bond acceptors (Lipinski definition) is 3. The topological polar surface area (TPSA) is 37.4 Å². The van der Waals surface area contributed by atoms with Gasteiger partial charge in [0, 0.05) is 31.5 Å². The molecule has 1 saturated heterocycles. The molecule has 1 aliphatic rings. The smallest absolute Gasteiger partial charge is 0.176 e. The molecule has 0 amide bonds. The first-order chi connectivity index (χ1) is 8.56. The maximum atomic E-state index is 12.0. The maximum Gasteiger partial charge on any atom is 0.176 e. The van der Waals surface area contributed by atoms with Crippen molar-refractivity contribution in [2.75, 3.05) is 19.6 Å². The predicted molar refractivity (Wildman–Crippen MR) is 71.5 cm³/mol. The van der Waals surface area contributed by atoms with Crippen molar-refractivity contribution in [3.8, 4) is 0 Å². The monoisotopic (exact) mass is 285 g/mol. The number of ketones is 2. The largest absolute Gasteiger partial charge is 0.300 e. The molecule has 0 aliphatic carbocycles. The summed E-state index contributed by atoms with van der Waals surface area (Å²) in [5, 5.41) is 0.827. The zero-order valence-electron chi connectivity index (χ0n) is 9.79. The number of hydrogen-bond donors (Lipinski definition) is 0. The number of likely N-dealkylation sites (tertiary alicyclic amines) is 1. The van der Waals surface area contributed by atoms with Crippen molar-refractivity contribution < 1.29 is 9.59 Å². The molecule has 1 aromatic carbocycles. The van der Waals surface area contributed by atoms with Crippen molar-refractivity contribution in [2.24, 2.45) is 0 Å². The van der Waals surface area contributed by atoms with E-state index in [2.05, 4.69) is 0 Å². The molecule has 1 aromatic rings. The van der Waals surface area contributed by atoms with Crippen LogP contribution in [0, 0.1) is 0 Å². The number of carbonyl (C=O) groups excluding carboxylic acids is 2. The Hall–Kier alpha value is -0.900. The second kappa shape index (κ2) is 5.83. The van der Waals surface area contributed by atoms with Crippen LogP contribution < -0.4 is 0 Å². The molecule has 0 aromatic heterocycles. The summed E-state index contributed by atoms with van der Waals surface area (Å²) in [4.78, 5) is 25.1. The Morgan fingerprint density at radius 1 is 1.17 bits per heavy atom. The first kappa shape index (κ1) is 13.5. The summed E-state index contributed by atoms with van der Waals surface area (Å²) in [7, 11) is 0. The lowest BCUT2D eigenvalue weighted by atomic mass is 10.1. The summed E-state index contributed by atoms with van der Waals surface area (Å²) in [6.07, 6.45) is 1.07. The molecule has 96 valence electrons. The van der Waals surface area contributed by atoms with E-state index in [1.54, 1.807) is 18.2 Å². The highest BCUT2D eigenvalue weighted by Crippen LogP contribution is 2.23. The SMILES string of the molecule is O=C1CCN(CC(=O)c2ccc(Cl)c(Cl)c2)CC1. The van der Waals surface area contributed by atoms with Crippen LogP contribution in [0.15, 0.2) is 18.2 Å². The second-order valence-electron chi connectivity index (χ2n) is 4.37. The van der Waals surface area contributed by atoms with Gasteiger partial charge in [-0.25, -0.2) is 0 Å². The minimum absolute atomic E-state index is 0.00270. The summed E-state index contributed by atoms with van der Waals surface area (Å²) in [5.41, 5.74) is 0.557. The van der Waals surface area contributed by atoms with Crippen LogP contribution in [0.25, 0.3) is 0 Å². The van der Waals surface area contributed by atoms with Crippen molar-refractivity contribution >= 4 is 34.8 Å². The Balaban J connectivity index is 1.99. The minimum Gasteiger partial charge on any atom is -0.300 e. The van der Waals surface area contributed by atoms with Crippen LogP contribution in [-0.4, -0.2) is 36.1 Å². The number of carbonyl (C=O) groups is 2. The van der Waals surface area contributed by atoms with Gasteiger partial charge in [0.15, 0.2) is 5.78 Å². The molecule has 1 heterocycles. The second-order valence-corrected chi connectivity index (χ2v) is 5.18. The average Bonchev–Trinajstić information content (AvgIpc) is 2.35. The Bertz CT molecular complexity index is 478. The lowest BCUT2D eigenvalue weighted by molar-refractivity contribution is -0.121. The van der Waals surface area contributed by atoms with Crippen molar-refractivity contribution in [1.82, 2.24) is 4.90 Å². The van der Waals surface area contributed by atoms with Crippen LogP contribution in [0.2, 0.25) is 10.0 Å². The van der Waals surface area contributed by atoms with E-state index in [1.165, 1.54) is 0 Å². The van der Waals surface area contributed by atoms with Gasteiger partial charge in [-0.05, 0) is 18.2 Å². The fraction of sp³-hybridized carbons (Fsp3) is 0.385. The van der Waals surface area contributed by atoms with Gasteiger partial charge in [0.05, 0.1) is 16.6 Å². The molecule has 1 aliphatic heterocycles. The van der Waals surface area contributed by atoms with E-state index in [-0.39, 0.29) is 11.6 Å². The molecule has 0 saturated carbocycles. The molecule has 1 fully saturated rings. The van der Waals surface area contributed by atoms with Crippen LogP contribution >= 0.6 is 23.2 Å². The number of halogens is 2. The van der Waals surface area contributed by atoms with Crippen molar-refractivity contribution in [3.05, 3.63) is 33.8 Å². The van der Waals surface area contributed by atoms with E-state index in [0.29, 0.717) is 48.1 Å². The van der Waals surface area contributed by atoms with E-state index < -0.39 is 0 Å². The first-order valence-electron chi connectivity index (χ1n) is 5.78. The molecule has 0 unspecified atom stereocenters. The van der Waals surface area contributed by atoms with Gasteiger partial charge in [-0.1, -0.05) is 23.2 Å². The summed E-state index contributed by atoms with van der Waals surface area (Å²) in [6, 6.07) is 4.88.